The molecule has 0 saturated carbocycles. The lowest BCUT2D eigenvalue weighted by Crippen LogP contribution is -2.49. The third-order valence-corrected chi connectivity index (χ3v) is 3.12. The molecule has 0 radical (unpaired) electrons. The first-order valence-corrected chi connectivity index (χ1v) is 5.79. The monoisotopic (exact) mass is 224 g/mol. The number of benzene rings is 1. The summed E-state index contributed by atoms with van der Waals surface area (Å²) in [6, 6.07) is 6.81. The van der Waals surface area contributed by atoms with Crippen LogP contribution < -0.4 is 10.2 Å². The largest absolute Gasteiger partial charge is 0.368 e. The number of nitrogens with one attached hydrogen (secondary N) is 1. The molecule has 0 spiro atoms. The van der Waals surface area contributed by atoms with Crippen LogP contribution in [0, 0.1) is 6.92 Å². The molecule has 1 aromatic carbocycles. The highest BCUT2D eigenvalue weighted by atomic mass is 35.5. The molecular weight excluding hydrogens is 208 g/mol. The van der Waals surface area contributed by atoms with E-state index >= 15 is 0 Å². The van der Waals surface area contributed by atoms with Crippen molar-refractivity contribution in [3.63, 3.8) is 0 Å². The van der Waals surface area contributed by atoms with Crippen molar-refractivity contribution in [3.8, 4) is 0 Å². The molecule has 0 aliphatic carbocycles. The van der Waals surface area contributed by atoms with E-state index in [1.54, 1.807) is 0 Å². The van der Waals surface area contributed by atoms with Crippen LogP contribution in [0.15, 0.2) is 18.2 Å². The molecule has 1 aromatic rings. The molecule has 82 valence electrons. The first kappa shape index (κ1) is 10.8. The van der Waals surface area contributed by atoms with E-state index in [1.165, 1.54) is 5.56 Å². The summed E-state index contributed by atoms with van der Waals surface area (Å²) in [5.74, 6) is 0. The van der Waals surface area contributed by atoms with Gasteiger partial charge < -0.3 is 10.2 Å². The number of piperazine rings is 1. The summed E-state index contributed by atoms with van der Waals surface area (Å²) in [4.78, 5) is 2.35. The van der Waals surface area contributed by atoms with Gasteiger partial charge in [-0.1, -0.05) is 17.7 Å². The van der Waals surface area contributed by atoms with Crippen LogP contribution >= 0.6 is 11.6 Å². The molecule has 1 heterocycles. The number of anilines is 1. The predicted octanol–water partition coefficient (Wildman–Crippen LogP) is 2.45. The molecule has 1 aliphatic heterocycles. The molecule has 1 atom stereocenters. The highest BCUT2D eigenvalue weighted by molar-refractivity contribution is 6.33. The fourth-order valence-corrected chi connectivity index (χ4v) is 2.37. The van der Waals surface area contributed by atoms with Gasteiger partial charge in [-0.05, 0) is 31.5 Å². The van der Waals surface area contributed by atoms with Crippen molar-refractivity contribution in [2.24, 2.45) is 0 Å². The summed E-state index contributed by atoms with van der Waals surface area (Å²) >= 11 is 6.25. The zero-order chi connectivity index (χ0) is 10.8. The SMILES string of the molecule is Cc1ccc(N2CCNC(C)C2)c(Cl)c1. The molecule has 3 heteroatoms. The number of halogens is 1. The minimum absolute atomic E-state index is 0.538. The van der Waals surface area contributed by atoms with E-state index in [4.69, 9.17) is 11.6 Å². The summed E-state index contributed by atoms with van der Waals surface area (Å²) in [7, 11) is 0. The average Bonchev–Trinajstić information content (AvgIpc) is 2.17. The van der Waals surface area contributed by atoms with Crippen LogP contribution in [0.3, 0.4) is 0 Å². The zero-order valence-electron chi connectivity index (χ0n) is 9.26. The molecule has 0 amide bonds. The molecule has 2 nitrogen and oxygen atoms in total. The van der Waals surface area contributed by atoms with Crippen LogP contribution in [0.2, 0.25) is 5.02 Å². The summed E-state index contributed by atoms with van der Waals surface area (Å²) in [6.45, 7) is 7.37. The van der Waals surface area contributed by atoms with Gasteiger partial charge in [0.05, 0.1) is 10.7 Å². The van der Waals surface area contributed by atoms with Gasteiger partial charge in [0.15, 0.2) is 0 Å². The maximum absolute atomic E-state index is 6.25. The fourth-order valence-electron chi connectivity index (χ4n) is 2.02. The Morgan fingerprint density at radius 3 is 2.93 bits per heavy atom. The van der Waals surface area contributed by atoms with Gasteiger partial charge in [-0.15, -0.1) is 0 Å². The normalized spacial score (nSPS) is 21.8. The number of rotatable bonds is 1. The van der Waals surface area contributed by atoms with E-state index in [2.05, 4.69) is 36.2 Å². The van der Waals surface area contributed by atoms with Crippen molar-refractivity contribution >= 4 is 17.3 Å². The Morgan fingerprint density at radius 2 is 2.27 bits per heavy atom. The number of hydrogen-bond donors (Lipinski definition) is 1. The highest BCUT2D eigenvalue weighted by Gasteiger charge is 2.17. The Hall–Kier alpha value is -0.730. The van der Waals surface area contributed by atoms with Crippen LogP contribution in [-0.4, -0.2) is 25.7 Å². The van der Waals surface area contributed by atoms with Gasteiger partial charge in [0, 0.05) is 25.7 Å². The first-order valence-electron chi connectivity index (χ1n) is 5.41. The predicted molar refractivity (Wildman–Crippen MR) is 65.9 cm³/mol. The smallest absolute Gasteiger partial charge is 0.0642 e. The Kier molecular flexibility index (Phi) is 3.17. The van der Waals surface area contributed by atoms with E-state index in [1.807, 2.05) is 6.07 Å². The second-order valence-electron chi connectivity index (χ2n) is 4.26. The summed E-state index contributed by atoms with van der Waals surface area (Å²) in [5.41, 5.74) is 2.38. The molecule has 1 unspecified atom stereocenters. The summed E-state index contributed by atoms with van der Waals surface area (Å²) in [5, 5.41) is 4.29. The van der Waals surface area contributed by atoms with Crippen molar-refractivity contribution in [1.82, 2.24) is 5.32 Å². The van der Waals surface area contributed by atoms with Gasteiger partial charge in [-0.3, -0.25) is 0 Å². The second-order valence-corrected chi connectivity index (χ2v) is 4.66. The average molecular weight is 225 g/mol. The van der Waals surface area contributed by atoms with E-state index in [0.29, 0.717) is 6.04 Å². The highest BCUT2D eigenvalue weighted by Crippen LogP contribution is 2.27. The lowest BCUT2D eigenvalue weighted by molar-refractivity contribution is 0.485. The molecule has 1 saturated heterocycles. The molecular formula is C12H17ClN2. The van der Waals surface area contributed by atoms with Crippen LogP contribution in [0.1, 0.15) is 12.5 Å². The zero-order valence-corrected chi connectivity index (χ0v) is 10.0. The maximum atomic E-state index is 6.25. The van der Waals surface area contributed by atoms with Crippen molar-refractivity contribution in [1.29, 1.82) is 0 Å². The van der Waals surface area contributed by atoms with E-state index in [9.17, 15) is 0 Å². The molecule has 1 aliphatic rings. The maximum Gasteiger partial charge on any atom is 0.0642 e. The third kappa shape index (κ3) is 2.44. The Bertz CT molecular complexity index is 351. The van der Waals surface area contributed by atoms with Crippen molar-refractivity contribution < 1.29 is 0 Å². The summed E-state index contributed by atoms with van der Waals surface area (Å²) in [6.07, 6.45) is 0. The quantitative estimate of drug-likeness (QED) is 0.789. The van der Waals surface area contributed by atoms with E-state index < -0.39 is 0 Å². The summed E-state index contributed by atoms with van der Waals surface area (Å²) < 4.78 is 0. The van der Waals surface area contributed by atoms with Gasteiger partial charge in [0.25, 0.3) is 0 Å². The molecule has 0 aromatic heterocycles. The Labute approximate surface area is 96.2 Å². The third-order valence-electron chi connectivity index (χ3n) is 2.81. The van der Waals surface area contributed by atoms with Crippen molar-refractivity contribution in [2.45, 2.75) is 19.9 Å². The van der Waals surface area contributed by atoms with Crippen molar-refractivity contribution in [3.05, 3.63) is 28.8 Å². The number of hydrogen-bond acceptors (Lipinski definition) is 2. The number of aryl methyl sites for hydroxylation is 1. The standard InChI is InChI=1S/C12H17ClN2/c1-9-3-4-12(11(13)7-9)15-6-5-14-10(2)8-15/h3-4,7,10,14H,5-6,8H2,1-2H3. The Morgan fingerprint density at radius 1 is 1.47 bits per heavy atom. The van der Waals surface area contributed by atoms with E-state index in [-0.39, 0.29) is 0 Å². The molecule has 1 N–H and O–H groups in total. The molecule has 2 rings (SSSR count). The van der Waals surface area contributed by atoms with Crippen LogP contribution in [0.5, 0.6) is 0 Å². The van der Waals surface area contributed by atoms with Gasteiger partial charge in [-0.25, -0.2) is 0 Å². The van der Waals surface area contributed by atoms with Gasteiger partial charge >= 0.3 is 0 Å². The molecule has 15 heavy (non-hydrogen) atoms. The van der Waals surface area contributed by atoms with Crippen LogP contribution in [0.4, 0.5) is 5.69 Å². The molecule has 0 bridgehead atoms. The first-order chi connectivity index (χ1) is 7.16. The lowest BCUT2D eigenvalue weighted by atomic mass is 10.1. The van der Waals surface area contributed by atoms with E-state index in [0.717, 1.165) is 30.3 Å². The number of nitrogens with zero attached hydrogens (tertiary/aromatic N) is 1. The van der Waals surface area contributed by atoms with Crippen LogP contribution in [-0.2, 0) is 0 Å². The fraction of sp³-hybridized carbons (Fsp3) is 0.500. The minimum atomic E-state index is 0.538. The van der Waals surface area contributed by atoms with Gasteiger partial charge in [0.1, 0.15) is 0 Å². The molecule has 1 fully saturated rings. The second kappa shape index (κ2) is 4.42. The Balaban J connectivity index is 2.21. The topological polar surface area (TPSA) is 15.3 Å². The lowest BCUT2D eigenvalue weighted by Gasteiger charge is -2.34. The van der Waals surface area contributed by atoms with Gasteiger partial charge in [-0.2, -0.15) is 0 Å². The minimum Gasteiger partial charge on any atom is -0.368 e. The van der Waals surface area contributed by atoms with Crippen molar-refractivity contribution in [2.75, 3.05) is 24.5 Å². The van der Waals surface area contributed by atoms with Gasteiger partial charge in [0.2, 0.25) is 0 Å². The van der Waals surface area contributed by atoms with Crippen LogP contribution in [0.25, 0.3) is 0 Å².